The van der Waals surface area contributed by atoms with E-state index in [2.05, 4.69) is 5.32 Å². The van der Waals surface area contributed by atoms with Crippen molar-refractivity contribution < 1.29 is 42.9 Å². The van der Waals surface area contributed by atoms with Crippen LogP contribution in [-0.2, 0) is 35.0 Å². The molecule has 0 saturated heterocycles. The summed E-state index contributed by atoms with van der Waals surface area (Å²) >= 11 is 0. The van der Waals surface area contributed by atoms with Crippen molar-refractivity contribution in [2.24, 2.45) is 16.7 Å². The van der Waals surface area contributed by atoms with E-state index >= 15 is 0 Å². The van der Waals surface area contributed by atoms with Gasteiger partial charge in [-0.3, -0.25) is 14.4 Å². The van der Waals surface area contributed by atoms with Crippen molar-refractivity contribution in [3.63, 3.8) is 0 Å². The molecular weight excluding hydrogens is 506 g/mol. The van der Waals surface area contributed by atoms with Crippen LogP contribution < -0.4 is 14.8 Å². The smallest absolute Gasteiger partial charge is 0.468 e. The van der Waals surface area contributed by atoms with Crippen LogP contribution in [0, 0.1) is 16.7 Å². The van der Waals surface area contributed by atoms with Crippen molar-refractivity contribution in [3.05, 3.63) is 23.8 Å². The molecule has 0 aliphatic heterocycles. The number of hydrogen-bond donors (Lipinski definition) is 1. The summed E-state index contributed by atoms with van der Waals surface area (Å²) < 4.78 is 26.4. The quantitative estimate of drug-likeness (QED) is 0.284. The lowest BCUT2D eigenvalue weighted by molar-refractivity contribution is -0.145. The summed E-state index contributed by atoms with van der Waals surface area (Å²) in [4.78, 5) is 49.6. The maximum absolute atomic E-state index is 12.6. The third-order valence-electron chi connectivity index (χ3n) is 5.70. The average molecular weight is 552 g/mol. The van der Waals surface area contributed by atoms with Gasteiger partial charge in [-0.05, 0) is 78.5 Å². The van der Waals surface area contributed by atoms with Gasteiger partial charge in [0.25, 0.3) is 0 Å². The summed E-state index contributed by atoms with van der Waals surface area (Å²) in [6, 6.07) is 3.95. The molecule has 2 unspecified atom stereocenters. The highest BCUT2D eigenvalue weighted by Crippen LogP contribution is 2.33. The number of benzene rings is 1. The molecule has 0 aliphatic rings. The van der Waals surface area contributed by atoms with E-state index in [4.69, 9.17) is 23.7 Å². The molecule has 39 heavy (non-hydrogen) atoms. The molecular formula is C29H45NO9. The predicted octanol–water partition coefficient (Wildman–Crippen LogP) is 4.85. The molecule has 0 spiro atoms. The monoisotopic (exact) mass is 551 g/mol. The van der Waals surface area contributed by atoms with Gasteiger partial charge in [0, 0.05) is 6.54 Å². The molecule has 220 valence electrons. The Balaban J connectivity index is 3.05. The summed E-state index contributed by atoms with van der Waals surface area (Å²) in [6.07, 6.45) is -0.317. The number of rotatable bonds is 12. The Morgan fingerprint density at radius 3 is 1.97 bits per heavy atom. The van der Waals surface area contributed by atoms with Crippen molar-refractivity contribution in [2.45, 2.75) is 87.3 Å². The molecule has 0 aromatic heterocycles. The molecule has 0 aliphatic carbocycles. The van der Waals surface area contributed by atoms with Crippen LogP contribution in [0.25, 0.3) is 0 Å². The normalized spacial score (nSPS) is 14.0. The Bertz CT molecular complexity index is 991. The highest BCUT2D eigenvalue weighted by atomic mass is 16.7. The van der Waals surface area contributed by atoms with Crippen molar-refractivity contribution >= 4 is 24.1 Å². The first-order chi connectivity index (χ1) is 18.0. The van der Waals surface area contributed by atoms with Crippen LogP contribution in [0.5, 0.6) is 11.5 Å². The molecule has 1 N–H and O–H groups in total. The van der Waals surface area contributed by atoms with Crippen LogP contribution >= 0.6 is 0 Å². The van der Waals surface area contributed by atoms with E-state index in [1.54, 1.807) is 60.6 Å². The zero-order valence-corrected chi connectivity index (χ0v) is 25.0. The van der Waals surface area contributed by atoms with Gasteiger partial charge in [0.05, 0.1) is 24.5 Å². The Hall–Kier alpha value is -3.14. The van der Waals surface area contributed by atoms with Gasteiger partial charge in [-0.25, -0.2) is 4.79 Å². The molecule has 0 fully saturated rings. The second-order valence-corrected chi connectivity index (χ2v) is 11.8. The van der Waals surface area contributed by atoms with Gasteiger partial charge in [0.15, 0.2) is 11.5 Å². The summed E-state index contributed by atoms with van der Waals surface area (Å²) in [6.45, 7) is 16.3. The number of ether oxygens (including phenoxy) is 5. The topological polar surface area (TPSA) is 126 Å². The zero-order valence-electron chi connectivity index (χ0n) is 25.0. The van der Waals surface area contributed by atoms with Gasteiger partial charge >= 0.3 is 24.1 Å². The Labute approximate surface area is 232 Å². The van der Waals surface area contributed by atoms with Crippen LogP contribution in [0.3, 0.4) is 0 Å². The summed E-state index contributed by atoms with van der Waals surface area (Å²) in [5, 5.41) is 3.05. The van der Waals surface area contributed by atoms with Gasteiger partial charge in [-0.15, -0.1) is 0 Å². The van der Waals surface area contributed by atoms with Crippen LogP contribution in [0.2, 0.25) is 0 Å². The molecule has 1 aromatic rings. The number of carbonyl (C=O) groups excluding carboxylic acids is 4. The standard InChI is InChI=1S/C29H45NO9/c1-11-18(2)17-36-27(34)37-19(3)16-30-21(24(31)35-10)14-20-12-13-22(38-25(32)28(4,5)6)23(15-20)39-26(33)29(7,8)9/h12-13,15,18-19,21,30H,11,14,16-17H2,1-10H3/t18?,19?,21-/m0/s1. The molecule has 3 atom stereocenters. The molecule has 0 heterocycles. The van der Waals surface area contributed by atoms with Crippen molar-refractivity contribution in [2.75, 3.05) is 20.3 Å². The zero-order chi connectivity index (χ0) is 30.0. The SMILES string of the molecule is CCC(C)COC(=O)OC(C)CN[C@@H](Cc1ccc(OC(=O)C(C)(C)C)c(OC(=O)C(C)(C)C)c1)C(=O)OC. The molecule has 0 saturated carbocycles. The summed E-state index contributed by atoms with van der Waals surface area (Å²) in [5.41, 5.74) is -0.959. The number of carbonyl (C=O) groups is 4. The lowest BCUT2D eigenvalue weighted by Crippen LogP contribution is -2.43. The number of hydrogen-bond acceptors (Lipinski definition) is 10. The first kappa shape index (κ1) is 33.9. The van der Waals surface area contributed by atoms with E-state index in [0.717, 1.165) is 6.42 Å². The molecule has 1 rings (SSSR count). The maximum Gasteiger partial charge on any atom is 0.508 e. The fourth-order valence-corrected chi connectivity index (χ4v) is 2.84. The largest absolute Gasteiger partial charge is 0.508 e. The first-order valence-electron chi connectivity index (χ1n) is 13.2. The molecule has 0 amide bonds. The second kappa shape index (κ2) is 14.9. The molecule has 0 bridgehead atoms. The Morgan fingerprint density at radius 2 is 1.46 bits per heavy atom. The number of methoxy groups -OCH3 is 1. The third kappa shape index (κ3) is 12.1. The molecule has 1 aromatic carbocycles. The Kier molecular flexibility index (Phi) is 12.9. The van der Waals surface area contributed by atoms with E-state index in [0.29, 0.717) is 5.56 Å². The Morgan fingerprint density at radius 1 is 0.897 bits per heavy atom. The van der Waals surface area contributed by atoms with Gasteiger partial charge in [-0.1, -0.05) is 26.3 Å². The molecule has 10 heteroatoms. The predicted molar refractivity (Wildman–Crippen MR) is 145 cm³/mol. The fourth-order valence-electron chi connectivity index (χ4n) is 2.84. The van der Waals surface area contributed by atoms with Gasteiger partial charge in [0.2, 0.25) is 0 Å². The van der Waals surface area contributed by atoms with Crippen LogP contribution in [-0.4, -0.2) is 56.5 Å². The minimum atomic E-state index is -0.802. The van der Waals surface area contributed by atoms with Crippen molar-refractivity contribution in [1.29, 1.82) is 0 Å². The van der Waals surface area contributed by atoms with Crippen LogP contribution in [0.1, 0.15) is 74.3 Å². The minimum absolute atomic E-state index is 0.0643. The van der Waals surface area contributed by atoms with Gasteiger partial charge < -0.3 is 29.0 Å². The number of nitrogens with one attached hydrogen (secondary N) is 1. The number of esters is 3. The molecule has 10 nitrogen and oxygen atoms in total. The first-order valence-corrected chi connectivity index (χ1v) is 13.2. The van der Waals surface area contributed by atoms with E-state index in [1.165, 1.54) is 13.2 Å². The van der Waals surface area contributed by atoms with E-state index in [-0.39, 0.29) is 37.0 Å². The summed E-state index contributed by atoms with van der Waals surface area (Å²) in [7, 11) is 1.27. The third-order valence-corrected chi connectivity index (χ3v) is 5.70. The minimum Gasteiger partial charge on any atom is -0.468 e. The average Bonchev–Trinajstić information content (AvgIpc) is 2.84. The highest BCUT2D eigenvalue weighted by Gasteiger charge is 2.29. The van der Waals surface area contributed by atoms with Crippen LogP contribution in [0.4, 0.5) is 4.79 Å². The van der Waals surface area contributed by atoms with Gasteiger partial charge in [0.1, 0.15) is 12.1 Å². The van der Waals surface area contributed by atoms with Crippen molar-refractivity contribution in [3.8, 4) is 11.5 Å². The van der Waals surface area contributed by atoms with Crippen molar-refractivity contribution in [1.82, 2.24) is 5.32 Å². The van der Waals surface area contributed by atoms with Gasteiger partial charge in [-0.2, -0.15) is 0 Å². The van der Waals surface area contributed by atoms with E-state index in [9.17, 15) is 19.2 Å². The lowest BCUT2D eigenvalue weighted by atomic mass is 9.97. The maximum atomic E-state index is 12.6. The molecule has 0 radical (unpaired) electrons. The summed E-state index contributed by atoms with van der Waals surface area (Å²) in [5.74, 6) is -1.15. The fraction of sp³-hybridized carbons (Fsp3) is 0.655. The second-order valence-electron chi connectivity index (χ2n) is 11.8. The van der Waals surface area contributed by atoms with Crippen LogP contribution in [0.15, 0.2) is 18.2 Å². The van der Waals surface area contributed by atoms with E-state index < -0.39 is 47.0 Å². The highest BCUT2D eigenvalue weighted by molar-refractivity contribution is 5.81. The van der Waals surface area contributed by atoms with E-state index in [1.807, 2.05) is 13.8 Å². The lowest BCUT2D eigenvalue weighted by Gasteiger charge is -2.22.